The zero-order valence-corrected chi connectivity index (χ0v) is 21.3. The summed E-state index contributed by atoms with van der Waals surface area (Å²) in [6, 6.07) is 17.4. The van der Waals surface area contributed by atoms with Gasteiger partial charge in [0.1, 0.15) is 0 Å². The zero-order valence-electron chi connectivity index (χ0n) is 21.3. The summed E-state index contributed by atoms with van der Waals surface area (Å²) in [6.07, 6.45) is 13.1. The molecule has 2 aromatic rings. The first-order chi connectivity index (χ1) is 16.1. The van der Waals surface area contributed by atoms with Gasteiger partial charge in [-0.1, -0.05) is 89.1 Å². The normalized spacial score (nSPS) is 14.0. The molecular weight excluding hydrogens is 400 g/mol. The summed E-state index contributed by atoms with van der Waals surface area (Å²) in [5.74, 6) is 0. The van der Waals surface area contributed by atoms with Crippen LogP contribution in [0.5, 0.6) is 0 Å². The van der Waals surface area contributed by atoms with E-state index >= 15 is 0 Å². The van der Waals surface area contributed by atoms with Crippen molar-refractivity contribution >= 4 is 11.4 Å². The van der Waals surface area contributed by atoms with Gasteiger partial charge >= 0.3 is 0 Å². The predicted octanol–water partition coefficient (Wildman–Crippen LogP) is 9.67. The van der Waals surface area contributed by atoms with E-state index in [4.69, 9.17) is 0 Å². The summed E-state index contributed by atoms with van der Waals surface area (Å²) in [6.45, 7) is 8.84. The fourth-order valence-electron chi connectivity index (χ4n) is 4.91. The lowest BCUT2D eigenvalue weighted by molar-refractivity contribution is -0.345. The van der Waals surface area contributed by atoms with Crippen LogP contribution in [-0.2, 0) is 6.42 Å². The molecule has 2 heteroatoms. The smallest absolute Gasteiger partial charge is 0.211 e. The maximum atomic E-state index is 11.6. The molecule has 1 aliphatic rings. The highest BCUT2D eigenvalue weighted by molar-refractivity contribution is 5.82. The van der Waals surface area contributed by atoms with Gasteiger partial charge in [-0.05, 0) is 68.9 Å². The van der Waals surface area contributed by atoms with Crippen LogP contribution in [0.15, 0.2) is 59.7 Å². The highest BCUT2D eigenvalue weighted by Gasteiger charge is 2.35. The Hall–Kier alpha value is -2.48. The number of hydrogen-bond acceptors (Lipinski definition) is 0. The Labute approximate surface area is 201 Å². The van der Waals surface area contributed by atoms with Gasteiger partial charge in [0.05, 0.1) is 0 Å². The largest absolute Gasteiger partial charge is 0.493 e. The monoisotopic (exact) mass is 442 g/mol. The second-order valence-corrected chi connectivity index (χ2v) is 9.51. The standard InChI is InChI=1S/C31H42N2/c1-5-8-10-11-12-13-18-29-28(17-9-6-2)30(26-21-19-25(7-3)20-22-26)33(32)31(29)27-16-14-15-24(4)23-27/h14-16,19-23H,5-13,17-18H2,1-4H3. The Kier molecular flexibility index (Phi) is 9.66. The molecule has 0 atom stereocenters. The minimum absolute atomic E-state index is 0.989. The third kappa shape index (κ3) is 6.31. The molecule has 0 unspecified atom stereocenters. The molecule has 3 rings (SSSR count). The van der Waals surface area contributed by atoms with E-state index < -0.39 is 0 Å². The van der Waals surface area contributed by atoms with Crippen molar-refractivity contribution in [2.24, 2.45) is 0 Å². The molecule has 0 fully saturated rings. The SMILES string of the molecule is CCCCCCCCC1=C(c2cccc(C)c2)[N+](=[N-])C(c2ccc(CC)cc2)=C1CCCC. The number of rotatable bonds is 13. The van der Waals surface area contributed by atoms with Gasteiger partial charge in [-0.15, -0.1) is 0 Å². The van der Waals surface area contributed by atoms with Crippen LogP contribution in [0, 0.1) is 6.92 Å². The van der Waals surface area contributed by atoms with Crippen molar-refractivity contribution in [1.29, 1.82) is 0 Å². The van der Waals surface area contributed by atoms with Gasteiger partial charge in [-0.25, -0.2) is 4.70 Å². The van der Waals surface area contributed by atoms with Crippen molar-refractivity contribution < 1.29 is 4.70 Å². The van der Waals surface area contributed by atoms with Crippen LogP contribution in [0.2, 0.25) is 0 Å². The molecule has 2 aromatic carbocycles. The van der Waals surface area contributed by atoms with Gasteiger partial charge in [0, 0.05) is 22.3 Å². The third-order valence-corrected chi connectivity index (χ3v) is 6.85. The van der Waals surface area contributed by atoms with Crippen molar-refractivity contribution in [2.75, 3.05) is 0 Å². The van der Waals surface area contributed by atoms with E-state index in [9.17, 15) is 5.53 Å². The van der Waals surface area contributed by atoms with Crippen molar-refractivity contribution in [3.05, 3.63) is 87.5 Å². The molecule has 0 amide bonds. The quantitative estimate of drug-likeness (QED) is 0.218. The molecule has 176 valence electrons. The Morgan fingerprint density at radius 1 is 0.667 bits per heavy atom. The summed E-state index contributed by atoms with van der Waals surface area (Å²) in [5, 5.41) is 0. The Bertz CT molecular complexity index is 992. The van der Waals surface area contributed by atoms with Crippen LogP contribution in [-0.4, -0.2) is 4.70 Å². The van der Waals surface area contributed by atoms with Gasteiger partial charge in [-0.3, -0.25) is 0 Å². The van der Waals surface area contributed by atoms with E-state index in [1.54, 1.807) is 0 Å². The first-order valence-corrected chi connectivity index (χ1v) is 13.2. The number of aryl methyl sites for hydroxylation is 2. The molecular formula is C31H42N2. The maximum Gasteiger partial charge on any atom is 0.211 e. The number of unbranched alkanes of at least 4 members (excludes halogenated alkanes) is 6. The Balaban J connectivity index is 2.01. The van der Waals surface area contributed by atoms with Crippen LogP contribution in [0.25, 0.3) is 16.9 Å². The average Bonchev–Trinajstić information content (AvgIpc) is 3.10. The van der Waals surface area contributed by atoms with Gasteiger partial charge < -0.3 is 5.53 Å². The van der Waals surface area contributed by atoms with Crippen molar-refractivity contribution in [3.63, 3.8) is 0 Å². The summed E-state index contributed by atoms with van der Waals surface area (Å²) in [4.78, 5) is 0. The molecule has 0 saturated carbocycles. The van der Waals surface area contributed by atoms with Crippen molar-refractivity contribution in [3.8, 4) is 0 Å². The Morgan fingerprint density at radius 3 is 1.91 bits per heavy atom. The first kappa shape index (κ1) is 25.1. The third-order valence-electron chi connectivity index (χ3n) is 6.85. The molecule has 0 radical (unpaired) electrons. The minimum atomic E-state index is 0.989. The van der Waals surface area contributed by atoms with Gasteiger partial charge in [0.15, 0.2) is 0 Å². The molecule has 1 aliphatic heterocycles. The molecule has 0 aromatic heterocycles. The predicted molar refractivity (Wildman–Crippen MR) is 142 cm³/mol. The second kappa shape index (κ2) is 12.7. The molecule has 1 heterocycles. The molecule has 0 aliphatic carbocycles. The lowest BCUT2D eigenvalue weighted by Gasteiger charge is -2.10. The van der Waals surface area contributed by atoms with Crippen LogP contribution in [0.1, 0.15) is 107 Å². The average molecular weight is 443 g/mol. The summed E-state index contributed by atoms with van der Waals surface area (Å²) >= 11 is 0. The second-order valence-electron chi connectivity index (χ2n) is 9.51. The lowest BCUT2D eigenvalue weighted by atomic mass is 9.91. The van der Waals surface area contributed by atoms with E-state index in [1.807, 2.05) is 0 Å². The van der Waals surface area contributed by atoms with Gasteiger partial charge in [0.25, 0.3) is 0 Å². The minimum Gasteiger partial charge on any atom is -0.493 e. The van der Waals surface area contributed by atoms with E-state index in [0.717, 1.165) is 54.6 Å². The van der Waals surface area contributed by atoms with Gasteiger partial charge in [0.2, 0.25) is 11.4 Å². The number of allylic oxidation sites excluding steroid dienone is 2. The molecule has 0 N–H and O–H groups in total. The fourth-order valence-corrected chi connectivity index (χ4v) is 4.91. The number of hydrogen-bond donors (Lipinski definition) is 0. The Morgan fingerprint density at radius 2 is 1.27 bits per heavy atom. The molecule has 2 nitrogen and oxygen atoms in total. The maximum absolute atomic E-state index is 11.6. The van der Waals surface area contributed by atoms with Crippen LogP contribution in [0.3, 0.4) is 0 Å². The van der Waals surface area contributed by atoms with E-state index in [2.05, 4.69) is 76.2 Å². The molecule has 0 saturated heterocycles. The van der Waals surface area contributed by atoms with E-state index in [1.165, 1.54) is 65.5 Å². The van der Waals surface area contributed by atoms with Crippen molar-refractivity contribution in [1.82, 2.24) is 0 Å². The number of benzene rings is 2. The van der Waals surface area contributed by atoms with Crippen LogP contribution in [0.4, 0.5) is 0 Å². The highest BCUT2D eigenvalue weighted by Crippen LogP contribution is 2.44. The molecule has 33 heavy (non-hydrogen) atoms. The summed E-state index contributed by atoms with van der Waals surface area (Å²) in [5.41, 5.74) is 21.1. The fraction of sp³-hybridized carbons (Fsp3) is 0.484. The summed E-state index contributed by atoms with van der Waals surface area (Å²) < 4.78 is 1.51. The zero-order chi connectivity index (χ0) is 23.6. The van der Waals surface area contributed by atoms with Crippen molar-refractivity contribution in [2.45, 2.75) is 98.3 Å². The summed E-state index contributed by atoms with van der Waals surface area (Å²) in [7, 11) is 0. The van der Waals surface area contributed by atoms with E-state index in [-0.39, 0.29) is 0 Å². The van der Waals surface area contributed by atoms with Crippen LogP contribution < -0.4 is 0 Å². The van der Waals surface area contributed by atoms with E-state index in [0.29, 0.717) is 0 Å². The molecule has 0 bridgehead atoms. The highest BCUT2D eigenvalue weighted by atomic mass is 15.2. The number of nitrogens with zero attached hydrogens (tertiary/aromatic N) is 2. The van der Waals surface area contributed by atoms with Gasteiger partial charge in [-0.2, -0.15) is 0 Å². The molecule has 0 spiro atoms. The topological polar surface area (TPSA) is 25.3 Å². The van der Waals surface area contributed by atoms with Crippen LogP contribution >= 0.6 is 0 Å². The lowest BCUT2D eigenvalue weighted by Crippen LogP contribution is -2.03. The first-order valence-electron chi connectivity index (χ1n) is 13.2.